The molecule has 8 heteroatoms. The molecule has 0 saturated heterocycles. The van der Waals surface area contributed by atoms with E-state index in [0.717, 1.165) is 41.3 Å². The first-order valence-electron chi connectivity index (χ1n) is 10.9. The van der Waals surface area contributed by atoms with E-state index in [1.165, 1.54) is 11.8 Å². The Bertz CT molecular complexity index is 1100. The maximum atomic E-state index is 12.9. The van der Waals surface area contributed by atoms with E-state index in [-0.39, 0.29) is 5.91 Å². The van der Waals surface area contributed by atoms with Crippen molar-refractivity contribution in [2.45, 2.75) is 39.1 Å². The van der Waals surface area contributed by atoms with Crippen molar-refractivity contribution in [3.63, 3.8) is 0 Å². The van der Waals surface area contributed by atoms with Gasteiger partial charge in [-0.05, 0) is 37.8 Å². The second-order valence-electron chi connectivity index (χ2n) is 7.32. The van der Waals surface area contributed by atoms with Gasteiger partial charge in [-0.1, -0.05) is 49.0 Å². The Labute approximate surface area is 192 Å². The van der Waals surface area contributed by atoms with E-state index in [4.69, 9.17) is 4.74 Å². The third-order valence-corrected chi connectivity index (χ3v) is 6.15. The lowest BCUT2D eigenvalue weighted by atomic mass is 10.1. The predicted octanol–water partition coefficient (Wildman–Crippen LogP) is 4.94. The Morgan fingerprint density at radius 1 is 1.06 bits per heavy atom. The Hall–Kier alpha value is -3.13. The van der Waals surface area contributed by atoms with Crippen LogP contribution in [0.4, 0.5) is 11.4 Å². The Morgan fingerprint density at radius 2 is 1.78 bits per heavy atom. The Balaban J connectivity index is 1.85. The summed E-state index contributed by atoms with van der Waals surface area (Å²) in [6.45, 7) is 9.71. The van der Waals surface area contributed by atoms with Crippen molar-refractivity contribution >= 4 is 29.0 Å². The molecule has 2 aromatic carbocycles. The van der Waals surface area contributed by atoms with Crippen molar-refractivity contribution in [2.24, 2.45) is 0 Å². The minimum absolute atomic E-state index is 0.126. The van der Waals surface area contributed by atoms with Crippen LogP contribution in [0.25, 0.3) is 11.3 Å². The minimum atomic E-state index is -0.670. The van der Waals surface area contributed by atoms with Crippen LogP contribution in [-0.4, -0.2) is 39.9 Å². The monoisotopic (exact) mass is 449 g/mol. The van der Waals surface area contributed by atoms with Gasteiger partial charge < -0.3 is 9.64 Å². The largest absolute Gasteiger partial charge is 0.447 e. The number of carbonyl (C=O) groups is 1. The minimum Gasteiger partial charge on any atom is -0.447 e. The van der Waals surface area contributed by atoms with Gasteiger partial charge in [0.05, 0.1) is 5.69 Å². The van der Waals surface area contributed by atoms with Crippen LogP contribution in [0.15, 0.2) is 53.7 Å². The van der Waals surface area contributed by atoms with E-state index in [1.54, 1.807) is 11.8 Å². The first-order chi connectivity index (χ1) is 15.6. The summed E-state index contributed by atoms with van der Waals surface area (Å²) in [5, 5.41) is 9.22. The number of hydrogen-bond donors (Lipinski definition) is 0. The molecule has 0 unspecified atom stereocenters. The molecule has 7 nitrogen and oxygen atoms in total. The van der Waals surface area contributed by atoms with Crippen LogP contribution in [0.1, 0.15) is 39.5 Å². The molecule has 1 aliphatic heterocycles. The van der Waals surface area contributed by atoms with Crippen molar-refractivity contribution in [1.82, 2.24) is 15.2 Å². The molecule has 1 aliphatic rings. The van der Waals surface area contributed by atoms with Crippen molar-refractivity contribution in [3.05, 3.63) is 54.1 Å². The van der Waals surface area contributed by atoms with Crippen LogP contribution < -0.4 is 14.5 Å². The summed E-state index contributed by atoms with van der Waals surface area (Å²) in [7, 11) is 0. The number of ether oxygens (including phenoxy) is 1. The predicted molar refractivity (Wildman–Crippen MR) is 128 cm³/mol. The van der Waals surface area contributed by atoms with Gasteiger partial charge in [0.1, 0.15) is 0 Å². The van der Waals surface area contributed by atoms with Crippen LogP contribution in [0, 0.1) is 0 Å². The molecule has 0 bridgehead atoms. The number of nitrogens with zero attached hydrogens (tertiary/aromatic N) is 5. The third-order valence-electron chi connectivity index (χ3n) is 5.43. The number of carbonyl (C=O) groups excluding carboxylic acids is 1. The zero-order valence-corrected chi connectivity index (χ0v) is 19.6. The van der Waals surface area contributed by atoms with E-state index in [0.29, 0.717) is 16.7 Å². The molecule has 4 rings (SSSR count). The molecule has 0 spiro atoms. The zero-order valence-electron chi connectivity index (χ0n) is 18.8. The summed E-state index contributed by atoms with van der Waals surface area (Å²) in [4.78, 5) is 21.4. The van der Waals surface area contributed by atoms with Crippen LogP contribution in [-0.2, 0) is 4.79 Å². The lowest BCUT2D eigenvalue weighted by Gasteiger charge is -2.30. The van der Waals surface area contributed by atoms with Crippen LogP contribution >= 0.6 is 11.8 Å². The van der Waals surface area contributed by atoms with Gasteiger partial charge in [0.2, 0.25) is 23.2 Å². The van der Waals surface area contributed by atoms with E-state index in [2.05, 4.69) is 46.1 Å². The highest BCUT2D eigenvalue weighted by atomic mass is 32.2. The number of fused-ring (bicyclic) bond motifs is 3. The van der Waals surface area contributed by atoms with Gasteiger partial charge in [-0.2, -0.15) is 4.98 Å². The van der Waals surface area contributed by atoms with E-state index in [1.807, 2.05) is 43.3 Å². The Kier molecular flexibility index (Phi) is 6.60. The number of para-hydroxylation sites is 1. The lowest BCUT2D eigenvalue weighted by molar-refractivity contribution is -0.118. The highest BCUT2D eigenvalue weighted by Gasteiger charge is 2.34. The maximum Gasteiger partial charge on any atom is 0.247 e. The fraction of sp³-hybridized carbons (Fsp3) is 0.333. The number of rotatable bonds is 6. The van der Waals surface area contributed by atoms with Crippen molar-refractivity contribution in [1.29, 1.82) is 0 Å². The van der Waals surface area contributed by atoms with Gasteiger partial charge in [0.25, 0.3) is 0 Å². The topological polar surface area (TPSA) is 71.5 Å². The maximum absolute atomic E-state index is 12.9. The Morgan fingerprint density at radius 3 is 2.44 bits per heavy atom. The van der Waals surface area contributed by atoms with Gasteiger partial charge in [-0.15, -0.1) is 10.2 Å². The second-order valence-corrected chi connectivity index (χ2v) is 8.55. The van der Waals surface area contributed by atoms with E-state index >= 15 is 0 Å². The SMILES string of the molecule is CCSc1nnc2c(n1)O[C@H](c1ccc(N(CC)CC)cc1)N(C(C)=O)c1ccccc1-2. The first-order valence-corrected chi connectivity index (χ1v) is 11.8. The molecule has 1 amide bonds. The molecule has 0 fully saturated rings. The number of anilines is 2. The van der Waals surface area contributed by atoms with Crippen molar-refractivity contribution in [3.8, 4) is 17.1 Å². The molecule has 0 aliphatic carbocycles. The van der Waals surface area contributed by atoms with Gasteiger partial charge in [-0.25, -0.2) is 0 Å². The molecule has 0 saturated carbocycles. The van der Waals surface area contributed by atoms with Gasteiger partial charge in [0.15, 0.2) is 5.69 Å². The molecule has 1 aromatic heterocycles. The van der Waals surface area contributed by atoms with Crippen LogP contribution in [0.2, 0.25) is 0 Å². The van der Waals surface area contributed by atoms with Crippen LogP contribution in [0.5, 0.6) is 5.88 Å². The standard InChI is InChI=1S/C24H27N5O2S/c1-5-28(6-2)18-14-12-17(13-15-18)23-29(16(4)30)20-11-9-8-10-19(20)21-22(31-23)25-24(27-26-21)32-7-3/h8-15,23H,5-7H2,1-4H3/t23-/m1/s1. The molecule has 3 aromatic rings. The molecule has 2 heterocycles. The quantitative estimate of drug-likeness (QED) is 0.494. The van der Waals surface area contributed by atoms with E-state index in [9.17, 15) is 4.79 Å². The summed E-state index contributed by atoms with van der Waals surface area (Å²) in [6, 6.07) is 15.8. The van der Waals surface area contributed by atoms with Gasteiger partial charge in [-0.3, -0.25) is 9.69 Å². The number of benzene rings is 2. The summed E-state index contributed by atoms with van der Waals surface area (Å²) >= 11 is 1.50. The summed E-state index contributed by atoms with van der Waals surface area (Å²) in [5.74, 6) is 1.08. The highest BCUT2D eigenvalue weighted by molar-refractivity contribution is 7.99. The summed E-state index contributed by atoms with van der Waals surface area (Å²) < 4.78 is 6.40. The molecule has 32 heavy (non-hydrogen) atoms. The molecule has 0 radical (unpaired) electrons. The van der Waals surface area contributed by atoms with E-state index < -0.39 is 6.23 Å². The molecular weight excluding hydrogens is 422 g/mol. The molecule has 166 valence electrons. The fourth-order valence-corrected chi connectivity index (χ4v) is 4.40. The zero-order chi connectivity index (χ0) is 22.7. The van der Waals surface area contributed by atoms with Gasteiger partial charge >= 0.3 is 0 Å². The van der Waals surface area contributed by atoms with Crippen molar-refractivity contribution in [2.75, 3.05) is 28.6 Å². The normalized spacial score (nSPS) is 14.8. The second kappa shape index (κ2) is 9.56. The average molecular weight is 450 g/mol. The van der Waals surface area contributed by atoms with Gasteiger partial charge in [0, 0.05) is 36.8 Å². The van der Waals surface area contributed by atoms with Crippen molar-refractivity contribution < 1.29 is 9.53 Å². The highest BCUT2D eigenvalue weighted by Crippen LogP contribution is 2.43. The molecule has 1 atom stereocenters. The summed E-state index contributed by atoms with van der Waals surface area (Å²) in [5.41, 5.74) is 4.03. The average Bonchev–Trinajstić information content (AvgIpc) is 2.95. The van der Waals surface area contributed by atoms with Crippen LogP contribution in [0.3, 0.4) is 0 Å². The smallest absolute Gasteiger partial charge is 0.247 e. The third kappa shape index (κ3) is 4.14. The number of aromatic nitrogens is 3. The lowest BCUT2D eigenvalue weighted by Crippen LogP contribution is -2.36. The molecule has 0 N–H and O–H groups in total. The number of hydrogen-bond acceptors (Lipinski definition) is 7. The number of amides is 1. The summed E-state index contributed by atoms with van der Waals surface area (Å²) in [6.07, 6.45) is -0.670. The first kappa shape index (κ1) is 22.1. The number of thioether (sulfide) groups is 1. The molecular formula is C24H27N5O2S. The fourth-order valence-electron chi connectivity index (χ4n) is 3.90.